The fourth-order valence-corrected chi connectivity index (χ4v) is 1.93. The van der Waals surface area contributed by atoms with E-state index in [0.29, 0.717) is 5.39 Å². The van der Waals surface area contributed by atoms with Crippen LogP contribution >= 0.6 is 0 Å². The van der Waals surface area contributed by atoms with Crippen molar-refractivity contribution in [3.05, 3.63) is 35.0 Å². The van der Waals surface area contributed by atoms with Crippen LogP contribution < -0.4 is 5.73 Å². The summed E-state index contributed by atoms with van der Waals surface area (Å²) in [6.45, 7) is 3.32. The molecule has 0 radical (unpaired) electrons. The lowest BCUT2D eigenvalue weighted by molar-refractivity contribution is -0.141. The molecule has 0 unspecified atom stereocenters. The number of aryl methyl sites for hydroxylation is 1. The molecular weight excluding hydrogens is 241 g/mol. The van der Waals surface area contributed by atoms with Crippen molar-refractivity contribution in [2.24, 2.45) is 0 Å². The molecule has 0 aliphatic rings. The van der Waals surface area contributed by atoms with Gasteiger partial charge >= 0.3 is 6.18 Å². The Kier molecular flexibility index (Phi) is 2.92. The average Bonchev–Trinajstić information content (AvgIpc) is 2.32. The highest BCUT2D eigenvalue weighted by molar-refractivity contribution is 5.92. The molecule has 1 aromatic heterocycles. The summed E-state index contributed by atoms with van der Waals surface area (Å²) in [5, 5.41) is 0.583. The zero-order valence-electron chi connectivity index (χ0n) is 10.1. The molecule has 0 amide bonds. The Morgan fingerprint density at radius 2 is 1.94 bits per heavy atom. The maximum Gasteiger partial charge on any atom is 0.433 e. The van der Waals surface area contributed by atoms with Crippen LogP contribution in [0.3, 0.4) is 0 Å². The van der Waals surface area contributed by atoms with Crippen LogP contribution in [0.1, 0.15) is 23.7 Å². The third-order valence-electron chi connectivity index (χ3n) is 3.02. The first-order valence-corrected chi connectivity index (χ1v) is 5.60. The van der Waals surface area contributed by atoms with Crippen molar-refractivity contribution in [2.75, 3.05) is 5.73 Å². The Bertz CT molecular complexity index is 603. The van der Waals surface area contributed by atoms with Crippen molar-refractivity contribution in [1.82, 2.24) is 4.98 Å². The van der Waals surface area contributed by atoms with E-state index >= 15 is 0 Å². The first-order valence-electron chi connectivity index (χ1n) is 5.60. The highest BCUT2D eigenvalue weighted by Crippen LogP contribution is 2.35. The lowest BCUT2D eigenvalue weighted by Crippen LogP contribution is -2.12. The van der Waals surface area contributed by atoms with Gasteiger partial charge in [0.15, 0.2) is 0 Å². The van der Waals surface area contributed by atoms with Gasteiger partial charge in [0.2, 0.25) is 0 Å². The maximum atomic E-state index is 12.8. The van der Waals surface area contributed by atoms with Gasteiger partial charge in [0.1, 0.15) is 5.69 Å². The minimum atomic E-state index is -4.48. The second-order valence-corrected chi connectivity index (χ2v) is 4.20. The number of nitrogens with two attached hydrogens (primary N) is 1. The van der Waals surface area contributed by atoms with Gasteiger partial charge in [-0.15, -0.1) is 0 Å². The van der Waals surface area contributed by atoms with Crippen LogP contribution in [0.5, 0.6) is 0 Å². The van der Waals surface area contributed by atoms with Gasteiger partial charge in [0, 0.05) is 16.6 Å². The minimum Gasteiger partial charge on any atom is -0.398 e. The van der Waals surface area contributed by atoms with Gasteiger partial charge in [-0.2, -0.15) is 13.2 Å². The van der Waals surface area contributed by atoms with E-state index in [9.17, 15) is 13.2 Å². The van der Waals surface area contributed by atoms with E-state index in [2.05, 4.69) is 4.98 Å². The zero-order valence-corrected chi connectivity index (χ0v) is 10.1. The Balaban J connectivity index is 2.79. The summed E-state index contributed by atoms with van der Waals surface area (Å²) in [4.78, 5) is 3.68. The molecule has 0 aliphatic heterocycles. The minimum absolute atomic E-state index is 0.0109. The number of pyridine rings is 1. The summed E-state index contributed by atoms with van der Waals surface area (Å²) in [5.74, 6) is 0. The number of fused-ring (bicyclic) bond motifs is 1. The van der Waals surface area contributed by atoms with Crippen LogP contribution in [0.4, 0.5) is 18.9 Å². The van der Waals surface area contributed by atoms with Gasteiger partial charge in [-0.1, -0.05) is 13.0 Å². The van der Waals surface area contributed by atoms with Crippen molar-refractivity contribution in [1.29, 1.82) is 0 Å². The van der Waals surface area contributed by atoms with Gasteiger partial charge < -0.3 is 5.73 Å². The summed E-state index contributed by atoms with van der Waals surface area (Å²) < 4.78 is 38.4. The van der Waals surface area contributed by atoms with Crippen LogP contribution in [0.15, 0.2) is 18.2 Å². The van der Waals surface area contributed by atoms with E-state index in [1.54, 1.807) is 18.2 Å². The number of alkyl halides is 3. The van der Waals surface area contributed by atoms with Gasteiger partial charge in [-0.25, -0.2) is 4.98 Å². The number of rotatable bonds is 1. The fourth-order valence-electron chi connectivity index (χ4n) is 1.93. The molecule has 0 saturated heterocycles. The Morgan fingerprint density at radius 3 is 2.50 bits per heavy atom. The molecule has 1 aromatic carbocycles. The molecule has 5 heteroatoms. The van der Waals surface area contributed by atoms with Crippen LogP contribution in [0, 0.1) is 6.92 Å². The summed E-state index contributed by atoms with van der Waals surface area (Å²) >= 11 is 0. The third-order valence-corrected chi connectivity index (χ3v) is 3.02. The lowest BCUT2D eigenvalue weighted by atomic mass is 10.0. The molecule has 0 saturated carbocycles. The fraction of sp³-hybridized carbons (Fsp3) is 0.308. The topological polar surface area (TPSA) is 38.9 Å². The van der Waals surface area contributed by atoms with Crippen molar-refractivity contribution in [3.8, 4) is 0 Å². The zero-order chi connectivity index (χ0) is 13.5. The van der Waals surface area contributed by atoms with Crippen molar-refractivity contribution in [2.45, 2.75) is 26.4 Å². The number of benzene rings is 1. The largest absolute Gasteiger partial charge is 0.433 e. The summed E-state index contributed by atoms with van der Waals surface area (Å²) in [5.41, 5.74) is 6.34. The second-order valence-electron chi connectivity index (χ2n) is 4.20. The summed E-state index contributed by atoms with van der Waals surface area (Å²) in [7, 11) is 0. The lowest BCUT2D eigenvalue weighted by Gasteiger charge is -2.14. The van der Waals surface area contributed by atoms with Gasteiger partial charge in [0.05, 0.1) is 5.52 Å². The molecule has 0 fully saturated rings. The van der Waals surface area contributed by atoms with Crippen molar-refractivity contribution in [3.63, 3.8) is 0 Å². The van der Waals surface area contributed by atoms with E-state index in [0.717, 1.165) is 12.0 Å². The molecular formula is C13H13F3N2. The van der Waals surface area contributed by atoms with Crippen molar-refractivity contribution >= 4 is 16.6 Å². The number of nitrogens with zero attached hydrogens (tertiary/aromatic N) is 1. The van der Waals surface area contributed by atoms with E-state index in [-0.39, 0.29) is 16.8 Å². The van der Waals surface area contributed by atoms with Gasteiger partial charge in [-0.3, -0.25) is 0 Å². The average molecular weight is 254 g/mol. The predicted octanol–water partition coefficient (Wildman–Crippen LogP) is 3.71. The van der Waals surface area contributed by atoms with E-state index < -0.39 is 11.9 Å². The number of aromatic nitrogens is 1. The Hall–Kier alpha value is -1.78. The molecule has 1 heterocycles. The summed E-state index contributed by atoms with van der Waals surface area (Å²) in [6.07, 6.45) is -3.68. The molecule has 2 N–H and O–H groups in total. The number of nitrogen functional groups attached to an aromatic ring is 1. The smallest absolute Gasteiger partial charge is 0.398 e. The van der Waals surface area contributed by atoms with Crippen LogP contribution in [0.2, 0.25) is 0 Å². The normalized spacial score (nSPS) is 12.1. The van der Waals surface area contributed by atoms with Crippen LogP contribution in [-0.2, 0) is 12.6 Å². The van der Waals surface area contributed by atoms with Gasteiger partial charge in [-0.05, 0) is 31.0 Å². The van der Waals surface area contributed by atoms with Crippen molar-refractivity contribution < 1.29 is 13.2 Å². The molecule has 18 heavy (non-hydrogen) atoms. The predicted molar refractivity (Wildman–Crippen MR) is 65.3 cm³/mol. The molecule has 2 nitrogen and oxygen atoms in total. The molecule has 0 spiro atoms. The number of hydrogen-bond donors (Lipinski definition) is 1. The highest BCUT2D eigenvalue weighted by Gasteiger charge is 2.35. The molecule has 0 aliphatic carbocycles. The molecule has 2 aromatic rings. The molecule has 2 rings (SSSR count). The molecule has 96 valence electrons. The second kappa shape index (κ2) is 4.15. The summed E-state index contributed by atoms with van der Waals surface area (Å²) in [6, 6.07) is 5.15. The Morgan fingerprint density at radius 1 is 1.28 bits per heavy atom. The van der Waals surface area contributed by atoms with Crippen LogP contribution in [-0.4, -0.2) is 4.98 Å². The first kappa shape index (κ1) is 12.7. The number of halogens is 3. The Labute approximate surface area is 103 Å². The third kappa shape index (κ3) is 2.00. The highest BCUT2D eigenvalue weighted by atomic mass is 19.4. The van der Waals surface area contributed by atoms with E-state index in [1.807, 2.05) is 6.92 Å². The van der Waals surface area contributed by atoms with E-state index in [1.165, 1.54) is 6.92 Å². The quantitative estimate of drug-likeness (QED) is 0.842. The molecule has 0 atom stereocenters. The SMILES string of the molecule is CCc1ccc2nc(C(F)(F)F)c(C)c(N)c2c1. The number of hydrogen-bond acceptors (Lipinski definition) is 2. The molecule has 0 bridgehead atoms. The number of anilines is 1. The van der Waals surface area contributed by atoms with E-state index in [4.69, 9.17) is 5.73 Å². The van der Waals surface area contributed by atoms with Gasteiger partial charge in [0.25, 0.3) is 0 Å². The standard InChI is InChI=1S/C13H13F3N2/c1-3-8-4-5-10-9(6-8)11(17)7(2)12(18-10)13(14,15)16/h4-6H,3H2,1-2H3,(H2,17,18). The first-order chi connectivity index (χ1) is 8.34. The monoisotopic (exact) mass is 254 g/mol. The van der Waals surface area contributed by atoms with Crippen LogP contribution in [0.25, 0.3) is 10.9 Å². The maximum absolute atomic E-state index is 12.8.